The molecule has 1 aliphatic carbocycles. The van der Waals surface area contributed by atoms with Crippen LogP contribution in [0.1, 0.15) is 56.8 Å². The highest BCUT2D eigenvalue weighted by molar-refractivity contribution is 7.89. The van der Waals surface area contributed by atoms with Gasteiger partial charge in [0.2, 0.25) is 15.9 Å². The number of nitrogens with one attached hydrogen (secondary N) is 1. The first-order chi connectivity index (χ1) is 16.6. The van der Waals surface area contributed by atoms with Gasteiger partial charge in [-0.05, 0) is 57.6 Å². The molecule has 0 aromatic carbocycles. The number of carbonyl (C=O) groups is 1. The van der Waals surface area contributed by atoms with Crippen LogP contribution in [0.3, 0.4) is 0 Å². The maximum Gasteiger partial charge on any atom is 0.394 e. The number of anilines is 1. The average Bonchev–Trinajstić information content (AvgIpc) is 3.30. The monoisotopic (exact) mass is 529 g/mol. The quantitative estimate of drug-likeness (QED) is 0.556. The van der Waals surface area contributed by atoms with Crippen LogP contribution in [0.5, 0.6) is 5.88 Å². The second-order valence-corrected chi connectivity index (χ2v) is 12.2. The zero-order valence-corrected chi connectivity index (χ0v) is 21.4. The molecule has 2 aromatic rings. The van der Waals surface area contributed by atoms with Crippen molar-refractivity contribution in [1.82, 2.24) is 19.5 Å². The van der Waals surface area contributed by atoms with Crippen LogP contribution in [0.25, 0.3) is 5.82 Å². The summed E-state index contributed by atoms with van der Waals surface area (Å²) in [5.41, 5.74) is -1.87. The number of pyridine rings is 1. The second-order valence-electron chi connectivity index (χ2n) is 10.5. The fourth-order valence-corrected chi connectivity index (χ4v) is 5.27. The number of rotatable bonds is 8. The van der Waals surface area contributed by atoms with E-state index in [-0.39, 0.29) is 42.9 Å². The molecule has 3 heterocycles. The number of carbonyl (C=O) groups excluding carboxylic acids is 1. The van der Waals surface area contributed by atoms with Crippen molar-refractivity contribution in [3.8, 4) is 11.7 Å². The smallest absolute Gasteiger partial charge is 0.394 e. The molecule has 2 aromatic heterocycles. The predicted molar refractivity (Wildman–Crippen MR) is 127 cm³/mol. The van der Waals surface area contributed by atoms with Gasteiger partial charge in [0.15, 0.2) is 5.82 Å². The molecule has 2 fully saturated rings. The number of halogens is 3. The SMILES string of the molecule is C[C@@H]1CN(c2nc(-n3ccc(OCCC4(C(F)(F)F)CC4)n3)ccc2C(=O)NS(C)(=O)=O)C(C)(C)C1. The van der Waals surface area contributed by atoms with E-state index in [4.69, 9.17) is 4.74 Å². The summed E-state index contributed by atoms with van der Waals surface area (Å²) in [5.74, 6) is 0.365. The van der Waals surface area contributed by atoms with Crippen molar-refractivity contribution in [1.29, 1.82) is 0 Å². The van der Waals surface area contributed by atoms with E-state index in [1.807, 2.05) is 23.5 Å². The summed E-state index contributed by atoms with van der Waals surface area (Å²) < 4.78 is 71.6. The minimum absolute atomic E-state index is 0.108. The van der Waals surface area contributed by atoms with Crippen LogP contribution >= 0.6 is 0 Å². The number of hydrogen-bond acceptors (Lipinski definition) is 7. The number of sulfonamides is 1. The Morgan fingerprint density at radius 3 is 2.50 bits per heavy atom. The molecule has 0 bridgehead atoms. The van der Waals surface area contributed by atoms with Crippen LogP contribution in [-0.2, 0) is 10.0 Å². The van der Waals surface area contributed by atoms with Gasteiger partial charge < -0.3 is 9.64 Å². The molecule has 1 N–H and O–H groups in total. The summed E-state index contributed by atoms with van der Waals surface area (Å²) in [5, 5.41) is 4.27. The van der Waals surface area contributed by atoms with E-state index in [1.54, 1.807) is 6.20 Å². The van der Waals surface area contributed by atoms with E-state index >= 15 is 0 Å². The van der Waals surface area contributed by atoms with Gasteiger partial charge in [0.25, 0.3) is 5.91 Å². The molecule has 1 atom stereocenters. The molecule has 1 saturated carbocycles. The molecule has 0 spiro atoms. The van der Waals surface area contributed by atoms with Crippen molar-refractivity contribution < 1.29 is 31.1 Å². The Kier molecular flexibility index (Phi) is 6.51. The summed E-state index contributed by atoms with van der Waals surface area (Å²) in [6, 6.07) is 4.53. The van der Waals surface area contributed by atoms with Gasteiger partial charge in [-0.25, -0.2) is 22.8 Å². The molecular weight excluding hydrogens is 499 g/mol. The van der Waals surface area contributed by atoms with E-state index in [0.717, 1.165) is 12.7 Å². The Labute approximate surface area is 208 Å². The summed E-state index contributed by atoms with van der Waals surface area (Å²) in [7, 11) is -3.78. The molecule has 0 radical (unpaired) electrons. The average molecular weight is 530 g/mol. The molecular formula is C23H30F3N5O4S. The lowest BCUT2D eigenvalue weighted by Crippen LogP contribution is -2.41. The van der Waals surface area contributed by atoms with Crippen LogP contribution in [0.4, 0.5) is 19.0 Å². The summed E-state index contributed by atoms with van der Waals surface area (Å²) in [6.07, 6.45) is -0.811. The molecule has 198 valence electrons. The zero-order chi connectivity index (χ0) is 26.5. The van der Waals surface area contributed by atoms with Crippen LogP contribution in [0.2, 0.25) is 0 Å². The van der Waals surface area contributed by atoms with Crippen LogP contribution in [-0.4, -0.2) is 60.2 Å². The maximum absolute atomic E-state index is 13.1. The first-order valence-corrected chi connectivity index (χ1v) is 13.6. The fraction of sp³-hybridized carbons (Fsp3) is 0.609. The number of alkyl halides is 3. The van der Waals surface area contributed by atoms with Crippen LogP contribution < -0.4 is 14.4 Å². The van der Waals surface area contributed by atoms with E-state index in [1.165, 1.54) is 22.9 Å². The minimum Gasteiger partial charge on any atom is -0.477 e. The van der Waals surface area contributed by atoms with Gasteiger partial charge in [0.1, 0.15) is 5.82 Å². The third-order valence-corrected chi connectivity index (χ3v) is 7.35. The lowest BCUT2D eigenvalue weighted by molar-refractivity contribution is -0.190. The number of amides is 1. The Bertz CT molecular complexity index is 1250. The Hall–Kier alpha value is -2.83. The highest BCUT2D eigenvalue weighted by Gasteiger charge is 2.62. The van der Waals surface area contributed by atoms with Gasteiger partial charge in [-0.3, -0.25) is 4.79 Å². The third kappa shape index (κ3) is 5.45. The Morgan fingerprint density at radius 2 is 1.94 bits per heavy atom. The Balaban J connectivity index is 1.58. The van der Waals surface area contributed by atoms with Gasteiger partial charge in [0, 0.05) is 24.3 Å². The van der Waals surface area contributed by atoms with Crippen molar-refractivity contribution in [3.63, 3.8) is 0 Å². The number of nitrogens with zero attached hydrogens (tertiary/aromatic N) is 4. The highest BCUT2D eigenvalue weighted by Crippen LogP contribution is 2.59. The summed E-state index contributed by atoms with van der Waals surface area (Å²) in [6.45, 7) is 6.65. The first kappa shape index (κ1) is 26.2. The first-order valence-electron chi connectivity index (χ1n) is 11.7. The minimum atomic E-state index is -4.23. The molecule has 13 heteroatoms. The standard InChI is InChI=1S/C23H30F3N5O4S/c1-15-13-21(2,3)30(14-15)19-16(20(32)29-36(4,33)34)5-6-17(27-19)31-11-7-18(28-31)35-12-10-22(8-9-22)23(24,25)26/h5-7,11,15H,8-10,12-14H2,1-4H3,(H,29,32)/t15-/m0/s1. The van der Waals surface area contributed by atoms with Crippen molar-refractivity contribution in [2.24, 2.45) is 11.3 Å². The van der Waals surface area contributed by atoms with E-state index in [0.29, 0.717) is 24.1 Å². The third-order valence-electron chi connectivity index (χ3n) is 6.80. The summed E-state index contributed by atoms with van der Waals surface area (Å²) in [4.78, 5) is 19.4. The molecule has 0 unspecified atom stereocenters. The molecule has 1 aliphatic heterocycles. The van der Waals surface area contributed by atoms with Crippen molar-refractivity contribution in [2.75, 3.05) is 24.3 Å². The zero-order valence-electron chi connectivity index (χ0n) is 20.6. The summed E-state index contributed by atoms with van der Waals surface area (Å²) >= 11 is 0. The number of ether oxygens (including phenoxy) is 1. The van der Waals surface area contributed by atoms with Gasteiger partial charge in [-0.15, -0.1) is 5.10 Å². The van der Waals surface area contributed by atoms with Gasteiger partial charge >= 0.3 is 6.18 Å². The largest absolute Gasteiger partial charge is 0.477 e. The van der Waals surface area contributed by atoms with Gasteiger partial charge in [-0.1, -0.05) is 6.92 Å². The predicted octanol–water partition coefficient (Wildman–Crippen LogP) is 3.69. The Morgan fingerprint density at radius 1 is 1.25 bits per heavy atom. The highest BCUT2D eigenvalue weighted by atomic mass is 32.2. The van der Waals surface area contributed by atoms with E-state index in [2.05, 4.69) is 17.0 Å². The molecule has 36 heavy (non-hydrogen) atoms. The normalized spacial score (nSPS) is 20.9. The lowest BCUT2D eigenvalue weighted by atomic mass is 9.97. The molecule has 2 aliphatic rings. The number of hydrogen-bond donors (Lipinski definition) is 1. The van der Waals surface area contributed by atoms with E-state index in [9.17, 15) is 26.4 Å². The van der Waals surface area contributed by atoms with Crippen LogP contribution in [0, 0.1) is 11.3 Å². The molecule has 4 rings (SSSR count). The van der Waals surface area contributed by atoms with Crippen LogP contribution in [0.15, 0.2) is 24.4 Å². The van der Waals surface area contributed by atoms with Crippen molar-refractivity contribution in [2.45, 2.75) is 58.2 Å². The maximum atomic E-state index is 13.1. The topological polar surface area (TPSA) is 106 Å². The second kappa shape index (κ2) is 8.93. The number of aromatic nitrogens is 3. The van der Waals surface area contributed by atoms with Gasteiger partial charge in [0.05, 0.1) is 23.8 Å². The van der Waals surface area contributed by atoms with Crippen molar-refractivity contribution in [3.05, 3.63) is 30.0 Å². The van der Waals surface area contributed by atoms with Crippen molar-refractivity contribution >= 4 is 21.7 Å². The molecule has 1 amide bonds. The fourth-order valence-electron chi connectivity index (χ4n) is 4.82. The lowest BCUT2D eigenvalue weighted by Gasteiger charge is -2.33. The van der Waals surface area contributed by atoms with Gasteiger partial charge in [-0.2, -0.15) is 13.2 Å². The molecule has 1 saturated heterocycles. The van der Waals surface area contributed by atoms with E-state index < -0.39 is 27.5 Å². The molecule has 9 nitrogen and oxygen atoms in total.